The van der Waals surface area contributed by atoms with Crippen molar-refractivity contribution in [2.75, 3.05) is 19.0 Å². The van der Waals surface area contributed by atoms with Gasteiger partial charge in [0.2, 0.25) is 0 Å². The molecule has 0 bridgehead atoms. The van der Waals surface area contributed by atoms with Crippen molar-refractivity contribution in [2.45, 2.75) is 19.4 Å². The summed E-state index contributed by atoms with van der Waals surface area (Å²) >= 11 is 0. The number of hydrogen-bond donors (Lipinski definition) is 1. The first-order valence-electron chi connectivity index (χ1n) is 5.75. The van der Waals surface area contributed by atoms with Gasteiger partial charge in [-0.15, -0.1) is 0 Å². The second kappa shape index (κ2) is 4.72. The molecular weight excluding hydrogens is 212 g/mol. The fourth-order valence-corrected chi connectivity index (χ4v) is 1.63. The number of aromatic nitrogens is 1. The van der Waals surface area contributed by atoms with E-state index in [0.717, 1.165) is 17.7 Å². The van der Waals surface area contributed by atoms with Gasteiger partial charge in [0.05, 0.1) is 5.60 Å². The van der Waals surface area contributed by atoms with Crippen LogP contribution in [0, 0.1) is 0 Å². The van der Waals surface area contributed by atoms with Crippen LogP contribution in [0.5, 0.6) is 0 Å². The van der Waals surface area contributed by atoms with Gasteiger partial charge in [-0.3, -0.25) is 0 Å². The highest BCUT2D eigenvalue weighted by molar-refractivity contribution is 5.91. The second-order valence-corrected chi connectivity index (χ2v) is 4.70. The Labute approximate surface area is 102 Å². The molecule has 1 heterocycles. The van der Waals surface area contributed by atoms with Crippen molar-refractivity contribution in [2.24, 2.45) is 0 Å². The Morgan fingerprint density at radius 1 is 1.24 bits per heavy atom. The van der Waals surface area contributed by atoms with Crippen LogP contribution in [0.2, 0.25) is 0 Å². The molecule has 0 spiro atoms. The van der Waals surface area contributed by atoms with E-state index in [-0.39, 0.29) is 5.60 Å². The van der Waals surface area contributed by atoms with Gasteiger partial charge in [0.1, 0.15) is 5.82 Å². The van der Waals surface area contributed by atoms with Crippen LogP contribution in [-0.4, -0.2) is 24.2 Å². The zero-order valence-corrected chi connectivity index (χ0v) is 10.5. The molecule has 1 aromatic heterocycles. The van der Waals surface area contributed by atoms with E-state index in [1.54, 1.807) is 7.11 Å². The molecule has 0 saturated carbocycles. The molecule has 2 aromatic rings. The number of fused-ring (bicyclic) bond motifs is 1. The van der Waals surface area contributed by atoms with Crippen molar-refractivity contribution in [1.82, 2.24) is 4.98 Å². The van der Waals surface area contributed by atoms with Crippen molar-refractivity contribution < 1.29 is 4.74 Å². The summed E-state index contributed by atoms with van der Waals surface area (Å²) in [5.41, 5.74) is -0.196. The Balaban J connectivity index is 2.24. The normalized spacial score (nSPS) is 11.7. The largest absolute Gasteiger partial charge is 0.377 e. The van der Waals surface area contributed by atoms with Gasteiger partial charge in [-0.25, -0.2) is 4.98 Å². The lowest BCUT2D eigenvalue weighted by molar-refractivity contribution is 0.0343. The van der Waals surface area contributed by atoms with Crippen LogP contribution in [0.15, 0.2) is 36.5 Å². The number of methoxy groups -OCH3 is 1. The molecule has 0 fully saturated rings. The average molecular weight is 230 g/mol. The Morgan fingerprint density at radius 3 is 2.76 bits per heavy atom. The maximum Gasteiger partial charge on any atom is 0.133 e. The number of rotatable bonds is 4. The highest BCUT2D eigenvalue weighted by Gasteiger charge is 2.16. The van der Waals surface area contributed by atoms with Crippen LogP contribution in [-0.2, 0) is 4.74 Å². The lowest BCUT2D eigenvalue weighted by atomic mass is 10.1. The van der Waals surface area contributed by atoms with Crippen molar-refractivity contribution in [3.63, 3.8) is 0 Å². The molecule has 0 radical (unpaired) electrons. The predicted octanol–water partition coefficient (Wildman–Crippen LogP) is 3.07. The molecule has 2 rings (SSSR count). The first-order chi connectivity index (χ1) is 8.12. The van der Waals surface area contributed by atoms with Gasteiger partial charge in [-0.2, -0.15) is 0 Å². The Kier molecular flexibility index (Phi) is 3.29. The highest BCUT2D eigenvalue weighted by atomic mass is 16.5. The quantitative estimate of drug-likeness (QED) is 0.876. The first kappa shape index (κ1) is 11.9. The van der Waals surface area contributed by atoms with E-state index in [4.69, 9.17) is 4.74 Å². The molecule has 0 aliphatic carbocycles. The van der Waals surface area contributed by atoms with Crippen LogP contribution in [0.1, 0.15) is 13.8 Å². The van der Waals surface area contributed by atoms with Gasteiger partial charge in [0, 0.05) is 25.2 Å². The minimum Gasteiger partial charge on any atom is -0.377 e. The van der Waals surface area contributed by atoms with Crippen molar-refractivity contribution >= 4 is 16.6 Å². The minimum atomic E-state index is -0.196. The molecule has 1 N–H and O–H groups in total. The molecule has 17 heavy (non-hydrogen) atoms. The van der Waals surface area contributed by atoms with Crippen LogP contribution in [0.4, 0.5) is 5.82 Å². The summed E-state index contributed by atoms with van der Waals surface area (Å²) in [5.74, 6) is 0.910. The molecule has 0 aliphatic rings. The summed E-state index contributed by atoms with van der Waals surface area (Å²) in [7, 11) is 1.72. The number of hydrogen-bond acceptors (Lipinski definition) is 3. The number of pyridine rings is 1. The van der Waals surface area contributed by atoms with Crippen molar-refractivity contribution in [1.29, 1.82) is 0 Å². The monoisotopic (exact) mass is 230 g/mol. The van der Waals surface area contributed by atoms with Gasteiger partial charge in [0.15, 0.2) is 0 Å². The SMILES string of the molecule is COC(C)(C)CNc1nccc2ccccc12. The summed E-state index contributed by atoms with van der Waals surface area (Å²) < 4.78 is 5.38. The van der Waals surface area contributed by atoms with Crippen LogP contribution >= 0.6 is 0 Å². The topological polar surface area (TPSA) is 34.1 Å². The smallest absolute Gasteiger partial charge is 0.133 e. The van der Waals surface area contributed by atoms with E-state index in [1.807, 2.05) is 38.2 Å². The van der Waals surface area contributed by atoms with E-state index in [9.17, 15) is 0 Å². The molecule has 90 valence electrons. The fourth-order valence-electron chi connectivity index (χ4n) is 1.63. The molecule has 3 nitrogen and oxygen atoms in total. The lowest BCUT2D eigenvalue weighted by Gasteiger charge is -2.23. The molecule has 1 aromatic carbocycles. The predicted molar refractivity (Wildman–Crippen MR) is 71.3 cm³/mol. The van der Waals surface area contributed by atoms with E-state index in [2.05, 4.69) is 22.4 Å². The minimum absolute atomic E-state index is 0.196. The summed E-state index contributed by atoms with van der Waals surface area (Å²) in [4.78, 5) is 4.38. The van der Waals surface area contributed by atoms with Gasteiger partial charge >= 0.3 is 0 Å². The molecular formula is C14H18N2O. The standard InChI is InChI=1S/C14H18N2O/c1-14(2,17-3)10-16-13-12-7-5-4-6-11(12)8-9-15-13/h4-9H,10H2,1-3H3,(H,15,16). The second-order valence-electron chi connectivity index (χ2n) is 4.70. The molecule has 0 aliphatic heterocycles. The number of ether oxygens (including phenoxy) is 1. The zero-order chi connectivity index (χ0) is 12.3. The molecule has 0 amide bonds. The summed E-state index contributed by atoms with van der Waals surface area (Å²) in [6, 6.07) is 10.2. The summed E-state index contributed by atoms with van der Waals surface area (Å²) in [6.45, 7) is 4.82. The van der Waals surface area contributed by atoms with Gasteiger partial charge < -0.3 is 10.1 Å². The maximum absolute atomic E-state index is 5.38. The van der Waals surface area contributed by atoms with Gasteiger partial charge in [0.25, 0.3) is 0 Å². The summed E-state index contributed by atoms with van der Waals surface area (Å²) in [5, 5.41) is 5.68. The zero-order valence-electron chi connectivity index (χ0n) is 10.5. The first-order valence-corrected chi connectivity index (χ1v) is 5.75. The Hall–Kier alpha value is -1.61. The third kappa shape index (κ3) is 2.74. The van der Waals surface area contributed by atoms with Crippen LogP contribution in [0.25, 0.3) is 10.8 Å². The van der Waals surface area contributed by atoms with Crippen molar-refractivity contribution in [3.05, 3.63) is 36.5 Å². The number of nitrogens with zero attached hydrogens (tertiary/aromatic N) is 1. The Bertz CT molecular complexity index is 503. The number of nitrogens with one attached hydrogen (secondary N) is 1. The number of anilines is 1. The number of benzene rings is 1. The van der Waals surface area contributed by atoms with Crippen LogP contribution < -0.4 is 5.32 Å². The Morgan fingerprint density at radius 2 is 2.00 bits per heavy atom. The summed E-state index contributed by atoms with van der Waals surface area (Å²) in [6.07, 6.45) is 1.82. The molecule has 0 atom stereocenters. The highest BCUT2D eigenvalue weighted by Crippen LogP contribution is 2.21. The third-order valence-corrected chi connectivity index (χ3v) is 2.91. The van der Waals surface area contributed by atoms with Gasteiger partial charge in [-0.05, 0) is 25.3 Å². The molecule has 3 heteroatoms. The average Bonchev–Trinajstić information content (AvgIpc) is 2.36. The van der Waals surface area contributed by atoms with Gasteiger partial charge in [-0.1, -0.05) is 24.3 Å². The van der Waals surface area contributed by atoms with E-state index in [1.165, 1.54) is 5.39 Å². The van der Waals surface area contributed by atoms with E-state index in [0.29, 0.717) is 0 Å². The van der Waals surface area contributed by atoms with E-state index < -0.39 is 0 Å². The third-order valence-electron chi connectivity index (χ3n) is 2.91. The fraction of sp³-hybridized carbons (Fsp3) is 0.357. The van der Waals surface area contributed by atoms with Crippen LogP contribution in [0.3, 0.4) is 0 Å². The lowest BCUT2D eigenvalue weighted by Crippen LogP contribution is -2.32. The molecule has 0 unspecified atom stereocenters. The maximum atomic E-state index is 5.38. The molecule has 0 saturated heterocycles. The van der Waals surface area contributed by atoms with Crippen molar-refractivity contribution in [3.8, 4) is 0 Å². The van der Waals surface area contributed by atoms with E-state index >= 15 is 0 Å².